The zero-order valence-electron chi connectivity index (χ0n) is 19.7. The van der Waals surface area contributed by atoms with Crippen LogP contribution in [0.25, 0.3) is 28.2 Å². The number of nitrogens with zero attached hydrogens (tertiary/aromatic N) is 4. The maximum absolute atomic E-state index is 13.0. The second-order valence-electron chi connectivity index (χ2n) is 9.13. The molecule has 1 saturated carbocycles. The van der Waals surface area contributed by atoms with Gasteiger partial charge in [-0.15, -0.1) is 0 Å². The van der Waals surface area contributed by atoms with Gasteiger partial charge in [-0.3, -0.25) is 4.79 Å². The Morgan fingerprint density at radius 2 is 2.00 bits per heavy atom. The van der Waals surface area contributed by atoms with Crippen molar-refractivity contribution < 1.29 is 19.0 Å². The van der Waals surface area contributed by atoms with Crippen LogP contribution in [0.4, 0.5) is 5.82 Å². The fourth-order valence-electron chi connectivity index (χ4n) is 5.16. The van der Waals surface area contributed by atoms with Gasteiger partial charge in [0.05, 0.1) is 43.3 Å². The number of aromatic nitrogens is 4. The molecule has 35 heavy (non-hydrogen) atoms. The summed E-state index contributed by atoms with van der Waals surface area (Å²) in [5.41, 5.74) is 10.9. The molecule has 0 spiro atoms. The standard InChI is InChI=1S/C25H28N6O4/c1-33-21-8-6-17(21)29-25(32)16-11-27-31-23(26)10-18(28-24(16)31)14-5-7-19-15(14)4-3-9-30(19)20-12-35-13-22(20)34-2/h3-5,7,9-11,17,20-22H,6,8,12-13,26H2,1-2H3,(H,29,32)/t17-,20+,21-,22+/m0/s1. The van der Waals surface area contributed by atoms with Gasteiger partial charge in [-0.2, -0.15) is 9.61 Å². The zero-order chi connectivity index (χ0) is 24.1. The lowest BCUT2D eigenvalue weighted by molar-refractivity contribution is 0.00732. The van der Waals surface area contributed by atoms with E-state index in [9.17, 15) is 4.79 Å². The molecular weight excluding hydrogens is 448 g/mol. The predicted octanol–water partition coefficient (Wildman–Crippen LogP) is 2.38. The molecule has 2 aromatic heterocycles. The van der Waals surface area contributed by atoms with Crippen molar-refractivity contribution in [2.75, 3.05) is 33.2 Å². The van der Waals surface area contributed by atoms with Gasteiger partial charge in [0.15, 0.2) is 5.65 Å². The first-order chi connectivity index (χ1) is 17.1. The minimum atomic E-state index is -0.229. The Morgan fingerprint density at radius 3 is 2.77 bits per heavy atom. The number of carbonyl (C=O) groups excluding carboxylic acids is 1. The van der Waals surface area contributed by atoms with Crippen LogP contribution >= 0.6 is 0 Å². The lowest BCUT2D eigenvalue weighted by atomic mass is 9.89. The summed E-state index contributed by atoms with van der Waals surface area (Å²) >= 11 is 0. The summed E-state index contributed by atoms with van der Waals surface area (Å²) in [5.74, 6) is 0.178. The molecule has 10 heteroatoms. The molecule has 3 N–H and O–H groups in total. The molecular formula is C25H28N6O4. The maximum atomic E-state index is 13.0. The number of hydrogen-bond donors (Lipinski definition) is 2. The van der Waals surface area contributed by atoms with E-state index in [1.807, 2.05) is 12.1 Å². The van der Waals surface area contributed by atoms with Crippen molar-refractivity contribution in [3.05, 3.63) is 48.3 Å². The number of hydrogen-bond acceptors (Lipinski definition) is 7. The first-order valence-corrected chi connectivity index (χ1v) is 11.8. The average Bonchev–Trinajstić information content (AvgIpc) is 3.59. The summed E-state index contributed by atoms with van der Waals surface area (Å²) < 4.78 is 20.4. The lowest BCUT2D eigenvalue weighted by Crippen LogP contribution is -2.51. The monoisotopic (exact) mass is 476 g/mol. The molecule has 2 aliphatic heterocycles. The number of nitrogens with two attached hydrogens (primary N) is 1. The van der Waals surface area contributed by atoms with Crippen LogP contribution < -0.4 is 11.1 Å². The Bertz CT molecular complexity index is 1360. The molecule has 4 heterocycles. The molecule has 0 radical (unpaired) electrons. The summed E-state index contributed by atoms with van der Waals surface area (Å²) in [6.45, 7) is 1.17. The van der Waals surface area contributed by atoms with Gasteiger partial charge in [0.1, 0.15) is 17.5 Å². The molecule has 0 aromatic carbocycles. The van der Waals surface area contributed by atoms with Crippen LogP contribution in [-0.4, -0.2) is 70.8 Å². The Kier molecular flexibility index (Phi) is 5.43. The highest BCUT2D eigenvalue weighted by Gasteiger charge is 2.33. The van der Waals surface area contributed by atoms with E-state index in [1.165, 1.54) is 10.7 Å². The van der Waals surface area contributed by atoms with Crippen molar-refractivity contribution in [2.45, 2.75) is 37.1 Å². The van der Waals surface area contributed by atoms with Gasteiger partial charge in [0.2, 0.25) is 0 Å². The SMILES string of the molecule is CO[C@H]1CC[C@@H]1NC(=O)c1cnn2c(N)cc(-c3ccc4n([C@@H]5COC[C@H]5OC)cccc3-4)nc12. The van der Waals surface area contributed by atoms with Gasteiger partial charge >= 0.3 is 0 Å². The third kappa shape index (κ3) is 3.56. The molecule has 6 rings (SSSR count). The number of ether oxygens (including phenoxy) is 3. The fraction of sp³-hybridized carbons (Fsp3) is 0.400. The molecule has 182 valence electrons. The smallest absolute Gasteiger partial charge is 0.257 e. The summed E-state index contributed by atoms with van der Waals surface area (Å²) in [4.78, 5) is 17.9. The van der Waals surface area contributed by atoms with E-state index < -0.39 is 0 Å². The molecule has 4 atom stereocenters. The summed E-state index contributed by atoms with van der Waals surface area (Å²) in [5, 5.41) is 7.34. The van der Waals surface area contributed by atoms with E-state index in [0.717, 1.165) is 29.7 Å². The molecule has 0 unspecified atom stereocenters. The summed E-state index contributed by atoms with van der Waals surface area (Å²) in [6, 6.07) is 10.1. The normalized spacial score (nSPS) is 24.2. The second-order valence-corrected chi connectivity index (χ2v) is 9.13. The number of amides is 1. The van der Waals surface area contributed by atoms with Crippen LogP contribution in [0.3, 0.4) is 0 Å². The molecule has 2 aromatic rings. The lowest BCUT2D eigenvalue weighted by Gasteiger charge is -2.35. The van der Waals surface area contributed by atoms with Crippen LogP contribution in [0.15, 0.2) is 42.7 Å². The minimum Gasteiger partial charge on any atom is -0.384 e. The molecule has 1 saturated heterocycles. The van der Waals surface area contributed by atoms with Crippen molar-refractivity contribution in [1.29, 1.82) is 0 Å². The molecule has 0 bridgehead atoms. The number of carbonyl (C=O) groups is 1. The predicted molar refractivity (Wildman–Crippen MR) is 129 cm³/mol. The minimum absolute atomic E-state index is 0.00435. The van der Waals surface area contributed by atoms with Gasteiger partial charge < -0.3 is 29.8 Å². The van der Waals surface area contributed by atoms with Gasteiger partial charge in [0.25, 0.3) is 5.91 Å². The van der Waals surface area contributed by atoms with Crippen LogP contribution in [-0.2, 0) is 14.2 Å². The number of nitrogens with one attached hydrogen (secondary N) is 1. The Balaban J connectivity index is 1.36. The Hall–Kier alpha value is -3.47. The largest absolute Gasteiger partial charge is 0.384 e. The highest BCUT2D eigenvalue weighted by Crippen LogP contribution is 2.38. The molecule has 2 aliphatic carbocycles. The summed E-state index contributed by atoms with van der Waals surface area (Å²) in [7, 11) is 3.38. The van der Waals surface area contributed by atoms with Crippen LogP contribution in [0.5, 0.6) is 0 Å². The molecule has 4 aliphatic rings. The molecule has 10 nitrogen and oxygen atoms in total. The Labute approximate surface area is 202 Å². The number of pyridine rings is 1. The highest BCUT2D eigenvalue weighted by atomic mass is 16.5. The van der Waals surface area contributed by atoms with E-state index >= 15 is 0 Å². The van der Waals surface area contributed by atoms with Crippen molar-refractivity contribution in [2.24, 2.45) is 0 Å². The van der Waals surface area contributed by atoms with Crippen LogP contribution in [0.2, 0.25) is 0 Å². The second kappa shape index (κ2) is 8.63. The fourth-order valence-corrected chi connectivity index (χ4v) is 5.16. The number of anilines is 1. The first-order valence-electron chi connectivity index (χ1n) is 11.8. The first kappa shape index (κ1) is 22.0. The zero-order valence-corrected chi connectivity index (χ0v) is 19.7. The van der Waals surface area contributed by atoms with E-state index in [0.29, 0.717) is 35.9 Å². The highest BCUT2D eigenvalue weighted by molar-refractivity contribution is 6.00. The average molecular weight is 477 g/mol. The van der Waals surface area contributed by atoms with E-state index in [1.54, 1.807) is 20.3 Å². The number of fused-ring (bicyclic) bond motifs is 2. The Morgan fingerprint density at radius 1 is 1.14 bits per heavy atom. The third-order valence-corrected chi connectivity index (χ3v) is 7.27. The summed E-state index contributed by atoms with van der Waals surface area (Å²) in [6.07, 6.45) is 5.43. The van der Waals surface area contributed by atoms with Crippen LogP contribution in [0.1, 0.15) is 29.2 Å². The van der Waals surface area contributed by atoms with Crippen molar-refractivity contribution >= 4 is 17.4 Å². The van der Waals surface area contributed by atoms with Crippen molar-refractivity contribution in [1.82, 2.24) is 24.5 Å². The van der Waals surface area contributed by atoms with Gasteiger partial charge in [-0.05, 0) is 25.0 Å². The van der Waals surface area contributed by atoms with E-state index in [2.05, 4.69) is 33.3 Å². The van der Waals surface area contributed by atoms with Gasteiger partial charge in [0, 0.05) is 43.3 Å². The van der Waals surface area contributed by atoms with E-state index in [4.69, 9.17) is 24.9 Å². The third-order valence-electron chi connectivity index (χ3n) is 7.27. The van der Waals surface area contributed by atoms with Gasteiger partial charge in [-0.1, -0.05) is 12.1 Å². The topological polar surface area (TPSA) is 118 Å². The number of nitrogen functional groups attached to an aromatic ring is 1. The molecule has 1 amide bonds. The van der Waals surface area contributed by atoms with Crippen LogP contribution in [0, 0.1) is 0 Å². The van der Waals surface area contributed by atoms with E-state index in [-0.39, 0.29) is 30.2 Å². The van der Waals surface area contributed by atoms with Crippen molar-refractivity contribution in [3.8, 4) is 22.5 Å². The maximum Gasteiger partial charge on any atom is 0.257 e. The quantitative estimate of drug-likeness (QED) is 0.439. The number of methoxy groups -OCH3 is 2. The van der Waals surface area contributed by atoms with Gasteiger partial charge in [-0.25, -0.2) is 4.98 Å². The number of rotatable bonds is 6. The van der Waals surface area contributed by atoms with Crippen molar-refractivity contribution in [3.63, 3.8) is 0 Å². The molecule has 2 fully saturated rings.